The summed E-state index contributed by atoms with van der Waals surface area (Å²) in [6.07, 6.45) is 5.80. The maximum atomic E-state index is 5.85. The van der Waals surface area contributed by atoms with Crippen LogP contribution in [-0.4, -0.2) is 6.61 Å². The van der Waals surface area contributed by atoms with Crippen molar-refractivity contribution < 1.29 is 4.74 Å². The van der Waals surface area contributed by atoms with E-state index < -0.39 is 0 Å². The van der Waals surface area contributed by atoms with Crippen LogP contribution in [0.2, 0.25) is 0 Å². The van der Waals surface area contributed by atoms with E-state index in [0.29, 0.717) is 5.92 Å². The van der Waals surface area contributed by atoms with Crippen LogP contribution >= 0.6 is 0 Å². The van der Waals surface area contributed by atoms with Crippen molar-refractivity contribution in [3.63, 3.8) is 0 Å². The Bertz CT molecular complexity index is 455. The Morgan fingerprint density at radius 3 is 2.81 bits per heavy atom. The number of hydrogen-bond donors (Lipinski definition) is 0. The van der Waals surface area contributed by atoms with Gasteiger partial charge in [-0.15, -0.1) is 0 Å². The van der Waals surface area contributed by atoms with Crippen LogP contribution in [0.25, 0.3) is 6.08 Å². The average Bonchev–Trinajstić information content (AvgIpc) is 2.73. The predicted molar refractivity (Wildman–Crippen MR) is 66.8 cm³/mol. The molecule has 1 aliphatic carbocycles. The zero-order valence-electron chi connectivity index (χ0n) is 10.0. The number of aryl methyl sites for hydroxylation is 1. The maximum Gasteiger partial charge on any atom is 0.129 e. The quantitative estimate of drug-likeness (QED) is 0.694. The molecule has 0 spiro atoms. The van der Waals surface area contributed by atoms with Gasteiger partial charge in [-0.05, 0) is 36.3 Å². The lowest BCUT2D eigenvalue weighted by Crippen LogP contribution is -2.09. The minimum Gasteiger partial charge on any atom is -0.493 e. The number of benzene rings is 1. The first-order valence-corrected chi connectivity index (χ1v) is 6.23. The van der Waals surface area contributed by atoms with Gasteiger partial charge in [-0.1, -0.05) is 37.6 Å². The molecule has 0 saturated heterocycles. The first-order chi connectivity index (χ1) is 7.75. The second-order valence-corrected chi connectivity index (χ2v) is 5.13. The van der Waals surface area contributed by atoms with Gasteiger partial charge in [0.1, 0.15) is 5.75 Å². The highest BCUT2D eigenvalue weighted by Gasteiger charge is 2.22. The van der Waals surface area contributed by atoms with Crippen LogP contribution in [-0.2, 0) is 12.8 Å². The first kappa shape index (κ1) is 9.95. The van der Waals surface area contributed by atoms with Crippen molar-refractivity contribution >= 4 is 6.08 Å². The van der Waals surface area contributed by atoms with Crippen LogP contribution in [0.5, 0.6) is 5.75 Å². The van der Waals surface area contributed by atoms with Gasteiger partial charge in [0.15, 0.2) is 0 Å². The summed E-state index contributed by atoms with van der Waals surface area (Å²) in [7, 11) is 0. The fraction of sp³-hybridized carbons (Fsp3) is 0.467. The summed E-state index contributed by atoms with van der Waals surface area (Å²) >= 11 is 0. The molecule has 0 fully saturated rings. The molecular formula is C15H18O. The Kier molecular flexibility index (Phi) is 2.27. The molecule has 16 heavy (non-hydrogen) atoms. The van der Waals surface area contributed by atoms with Gasteiger partial charge in [0.25, 0.3) is 0 Å². The van der Waals surface area contributed by atoms with Gasteiger partial charge in [-0.25, -0.2) is 0 Å². The summed E-state index contributed by atoms with van der Waals surface area (Å²) in [6.45, 7) is 5.42. The molecule has 0 unspecified atom stereocenters. The van der Waals surface area contributed by atoms with E-state index in [-0.39, 0.29) is 0 Å². The molecule has 1 aromatic carbocycles. The van der Waals surface area contributed by atoms with E-state index in [1.54, 1.807) is 0 Å². The highest BCUT2D eigenvalue weighted by atomic mass is 16.5. The van der Waals surface area contributed by atoms with Crippen LogP contribution in [0, 0.1) is 5.92 Å². The van der Waals surface area contributed by atoms with Crippen molar-refractivity contribution in [2.24, 2.45) is 5.92 Å². The Morgan fingerprint density at radius 2 is 2.00 bits per heavy atom. The van der Waals surface area contributed by atoms with Gasteiger partial charge in [0, 0.05) is 5.56 Å². The molecule has 1 aromatic rings. The minimum atomic E-state index is 0.645. The van der Waals surface area contributed by atoms with Crippen molar-refractivity contribution in [2.45, 2.75) is 33.1 Å². The molecule has 1 aliphatic heterocycles. The lowest BCUT2D eigenvalue weighted by molar-refractivity contribution is 0.287. The third kappa shape index (κ3) is 1.46. The monoisotopic (exact) mass is 214 g/mol. The summed E-state index contributed by atoms with van der Waals surface area (Å²) in [5, 5.41) is 0. The summed E-state index contributed by atoms with van der Waals surface area (Å²) in [5.74, 6) is 1.81. The molecule has 0 radical (unpaired) electrons. The van der Waals surface area contributed by atoms with Crippen molar-refractivity contribution in [3.8, 4) is 5.75 Å². The zero-order valence-corrected chi connectivity index (χ0v) is 10.0. The van der Waals surface area contributed by atoms with E-state index in [1.807, 2.05) is 0 Å². The molecule has 1 heteroatoms. The fourth-order valence-corrected chi connectivity index (χ4v) is 2.63. The molecular weight excluding hydrogens is 196 g/mol. The van der Waals surface area contributed by atoms with Crippen molar-refractivity contribution in [3.05, 3.63) is 34.4 Å². The summed E-state index contributed by atoms with van der Waals surface area (Å²) in [4.78, 5) is 0. The maximum absolute atomic E-state index is 5.85. The normalized spacial score (nSPS) is 17.8. The Balaban J connectivity index is 2.08. The van der Waals surface area contributed by atoms with Gasteiger partial charge in [-0.3, -0.25) is 0 Å². The molecule has 2 aliphatic rings. The van der Waals surface area contributed by atoms with Crippen molar-refractivity contribution in [1.82, 2.24) is 0 Å². The largest absolute Gasteiger partial charge is 0.493 e. The molecule has 0 amide bonds. The minimum absolute atomic E-state index is 0.645. The van der Waals surface area contributed by atoms with Gasteiger partial charge >= 0.3 is 0 Å². The molecule has 0 saturated carbocycles. The number of rotatable bonds is 1. The second kappa shape index (κ2) is 3.65. The predicted octanol–water partition coefficient (Wildman–Crippen LogP) is 3.61. The van der Waals surface area contributed by atoms with Gasteiger partial charge in [0.05, 0.1) is 6.61 Å². The standard InChI is InChI=1S/C15H18O/c1-10(2)13-8-12-6-5-11-4-3-7-16-15(11)14(12)9-13/h5-6,9-10H,3-4,7-8H2,1-2H3. The fourth-order valence-electron chi connectivity index (χ4n) is 2.63. The molecule has 1 heterocycles. The molecule has 84 valence electrons. The highest BCUT2D eigenvalue weighted by molar-refractivity contribution is 5.71. The van der Waals surface area contributed by atoms with E-state index in [9.17, 15) is 0 Å². The van der Waals surface area contributed by atoms with Gasteiger partial charge in [-0.2, -0.15) is 0 Å². The summed E-state index contributed by atoms with van der Waals surface area (Å²) in [6, 6.07) is 4.54. The van der Waals surface area contributed by atoms with E-state index in [0.717, 1.165) is 19.4 Å². The molecule has 0 atom stereocenters. The van der Waals surface area contributed by atoms with Gasteiger partial charge < -0.3 is 4.74 Å². The van der Waals surface area contributed by atoms with E-state index in [4.69, 9.17) is 4.74 Å². The smallest absolute Gasteiger partial charge is 0.129 e. The van der Waals surface area contributed by atoms with Crippen LogP contribution in [0.1, 0.15) is 37.0 Å². The topological polar surface area (TPSA) is 9.23 Å². The molecule has 0 bridgehead atoms. The number of fused-ring (bicyclic) bond motifs is 3. The summed E-state index contributed by atoms with van der Waals surface area (Å²) < 4.78 is 5.85. The van der Waals surface area contributed by atoms with E-state index >= 15 is 0 Å². The SMILES string of the molecule is CC(C)C1=Cc2c(ccc3c2OCCC3)C1. The Hall–Kier alpha value is -1.24. The molecule has 0 aromatic heterocycles. The third-order valence-electron chi connectivity index (χ3n) is 3.67. The Labute approximate surface area is 97.1 Å². The molecule has 3 rings (SSSR count). The van der Waals surface area contributed by atoms with Crippen LogP contribution < -0.4 is 4.74 Å². The first-order valence-electron chi connectivity index (χ1n) is 6.23. The molecule has 1 nitrogen and oxygen atoms in total. The third-order valence-corrected chi connectivity index (χ3v) is 3.67. The lowest BCUT2D eigenvalue weighted by Gasteiger charge is -2.19. The lowest BCUT2D eigenvalue weighted by atomic mass is 9.99. The number of allylic oxidation sites excluding steroid dienone is 1. The summed E-state index contributed by atoms with van der Waals surface area (Å²) in [5.41, 5.74) is 5.74. The van der Waals surface area contributed by atoms with E-state index in [2.05, 4.69) is 32.1 Å². The Morgan fingerprint density at radius 1 is 1.19 bits per heavy atom. The number of hydrogen-bond acceptors (Lipinski definition) is 1. The van der Waals surface area contributed by atoms with Crippen molar-refractivity contribution in [2.75, 3.05) is 6.61 Å². The van der Waals surface area contributed by atoms with Crippen LogP contribution in [0.15, 0.2) is 17.7 Å². The second-order valence-electron chi connectivity index (χ2n) is 5.13. The molecule has 0 N–H and O–H groups in total. The average molecular weight is 214 g/mol. The van der Waals surface area contributed by atoms with Crippen molar-refractivity contribution in [1.29, 1.82) is 0 Å². The highest BCUT2D eigenvalue weighted by Crippen LogP contribution is 2.39. The van der Waals surface area contributed by atoms with E-state index in [1.165, 1.54) is 34.4 Å². The van der Waals surface area contributed by atoms with Crippen LogP contribution in [0.3, 0.4) is 0 Å². The van der Waals surface area contributed by atoms with Crippen LogP contribution in [0.4, 0.5) is 0 Å². The van der Waals surface area contributed by atoms with Gasteiger partial charge in [0.2, 0.25) is 0 Å². The number of ether oxygens (including phenoxy) is 1. The zero-order chi connectivity index (χ0) is 11.1.